The first-order chi connectivity index (χ1) is 3.39. The summed E-state index contributed by atoms with van der Waals surface area (Å²) in [6, 6.07) is 0. The minimum absolute atomic E-state index is 0.554. The summed E-state index contributed by atoms with van der Waals surface area (Å²) in [6.45, 7) is 0. The molecular formula is C2H7N5. The number of hydrogen-bond donors (Lipinski definition) is 5. The lowest BCUT2D eigenvalue weighted by Crippen LogP contribution is -1.95. The zero-order valence-electron chi connectivity index (χ0n) is 3.65. The van der Waals surface area contributed by atoms with Crippen LogP contribution in [0.4, 0.5) is 5.82 Å². The number of aromatic nitrogens is 4. The van der Waals surface area contributed by atoms with Gasteiger partial charge in [-0.2, -0.15) is 0 Å². The average molecular weight is 101 g/mol. The minimum atomic E-state index is 0.554. The largest absolute Gasteiger partial charge is 0.383 e. The van der Waals surface area contributed by atoms with Crippen LogP contribution in [0.25, 0.3) is 0 Å². The molecule has 0 fully saturated rings. The topological polar surface area (TPSA) is 89.2 Å². The lowest BCUT2D eigenvalue weighted by atomic mass is 10.8. The fraction of sp³-hybridized carbons (Fsp3) is 0. The van der Waals surface area contributed by atoms with Gasteiger partial charge in [0.25, 0.3) is 0 Å². The Labute approximate surface area is 39.6 Å². The van der Waals surface area contributed by atoms with Gasteiger partial charge in [-0.1, -0.05) is 0 Å². The lowest BCUT2D eigenvalue weighted by molar-refractivity contribution is 0.769. The van der Waals surface area contributed by atoms with Crippen molar-refractivity contribution in [2.24, 2.45) is 0 Å². The van der Waals surface area contributed by atoms with Gasteiger partial charge in [-0.15, -0.1) is 0 Å². The molecule has 1 aromatic rings. The van der Waals surface area contributed by atoms with Gasteiger partial charge in [0.05, 0.1) is 6.20 Å². The van der Waals surface area contributed by atoms with E-state index in [2.05, 4.69) is 20.6 Å². The van der Waals surface area contributed by atoms with E-state index in [9.17, 15) is 0 Å². The number of rotatable bonds is 0. The Balaban J connectivity index is 3.02. The molecule has 0 radical (unpaired) electrons. The van der Waals surface area contributed by atoms with E-state index in [4.69, 9.17) is 5.73 Å². The molecule has 0 amide bonds. The molecule has 40 valence electrons. The van der Waals surface area contributed by atoms with Crippen molar-refractivity contribution in [3.05, 3.63) is 6.20 Å². The molecule has 0 bridgehead atoms. The fourth-order valence-corrected chi connectivity index (χ4v) is 0.289. The number of hydrogen-bond acceptors (Lipinski definition) is 1. The van der Waals surface area contributed by atoms with Crippen LogP contribution in [-0.2, 0) is 0 Å². The fourth-order valence-electron chi connectivity index (χ4n) is 0.289. The van der Waals surface area contributed by atoms with E-state index in [0.717, 1.165) is 0 Å². The highest BCUT2D eigenvalue weighted by molar-refractivity contribution is 5.17. The molecule has 0 aliphatic heterocycles. The summed E-state index contributed by atoms with van der Waals surface area (Å²) in [4.78, 5) is 0. The predicted octanol–water partition coefficient (Wildman–Crippen LogP) is -0.294. The molecule has 0 unspecified atom stereocenters. The van der Waals surface area contributed by atoms with E-state index >= 15 is 0 Å². The Morgan fingerprint density at radius 3 is 2.57 bits per heavy atom. The minimum Gasteiger partial charge on any atom is -0.383 e. The molecule has 6 N–H and O–H groups in total. The van der Waals surface area contributed by atoms with Crippen molar-refractivity contribution in [2.45, 2.75) is 0 Å². The van der Waals surface area contributed by atoms with Crippen LogP contribution in [-0.4, -0.2) is 20.6 Å². The zero-order valence-corrected chi connectivity index (χ0v) is 3.65. The molecule has 1 heterocycles. The molecule has 0 spiro atoms. The molecule has 0 atom stereocenters. The third-order valence-electron chi connectivity index (χ3n) is 0.569. The summed E-state index contributed by atoms with van der Waals surface area (Å²) in [5, 5.41) is 10.3. The van der Waals surface area contributed by atoms with Crippen LogP contribution < -0.4 is 5.73 Å². The summed E-state index contributed by atoms with van der Waals surface area (Å²) >= 11 is 0. The summed E-state index contributed by atoms with van der Waals surface area (Å²) < 4.78 is 0. The Bertz CT molecular complexity index is 136. The van der Waals surface area contributed by atoms with E-state index in [0.29, 0.717) is 5.82 Å². The number of nitrogens with one attached hydrogen (secondary N) is 4. The van der Waals surface area contributed by atoms with Gasteiger partial charge in [-0.25, -0.2) is 10.4 Å². The maximum absolute atomic E-state index is 5.22. The Hall–Kier alpha value is -1.26. The second-order valence-electron chi connectivity index (χ2n) is 1.12. The molecule has 0 saturated heterocycles. The van der Waals surface area contributed by atoms with Crippen LogP contribution in [0.2, 0.25) is 0 Å². The molecule has 1 aromatic heterocycles. The van der Waals surface area contributed by atoms with E-state index in [1.54, 1.807) is 6.20 Å². The monoisotopic (exact) mass is 101 g/mol. The van der Waals surface area contributed by atoms with Crippen LogP contribution in [0.1, 0.15) is 0 Å². The van der Waals surface area contributed by atoms with Crippen LogP contribution in [0.15, 0.2) is 6.20 Å². The van der Waals surface area contributed by atoms with Crippen molar-refractivity contribution in [1.82, 2.24) is 20.6 Å². The Kier molecular flexibility index (Phi) is 0.816. The highest BCUT2D eigenvalue weighted by Gasteiger charge is 1.69. The van der Waals surface area contributed by atoms with Gasteiger partial charge in [0.1, 0.15) is 5.82 Å². The maximum Gasteiger partial charge on any atom is 0.134 e. The molecule has 5 heteroatoms. The third kappa shape index (κ3) is 0.783. The van der Waals surface area contributed by atoms with E-state index < -0.39 is 0 Å². The first kappa shape index (κ1) is 3.91. The Morgan fingerprint density at radius 1 is 1.43 bits per heavy atom. The van der Waals surface area contributed by atoms with Crippen LogP contribution in [0.5, 0.6) is 0 Å². The van der Waals surface area contributed by atoms with Gasteiger partial charge in [0.2, 0.25) is 0 Å². The van der Waals surface area contributed by atoms with E-state index in [-0.39, 0.29) is 0 Å². The maximum atomic E-state index is 5.22. The molecule has 0 aromatic carbocycles. The zero-order chi connectivity index (χ0) is 5.11. The van der Waals surface area contributed by atoms with Crippen molar-refractivity contribution < 1.29 is 0 Å². The smallest absolute Gasteiger partial charge is 0.134 e. The van der Waals surface area contributed by atoms with Crippen LogP contribution >= 0.6 is 0 Å². The van der Waals surface area contributed by atoms with Gasteiger partial charge >= 0.3 is 0 Å². The third-order valence-corrected chi connectivity index (χ3v) is 0.569. The van der Waals surface area contributed by atoms with Crippen molar-refractivity contribution >= 4 is 5.82 Å². The summed E-state index contributed by atoms with van der Waals surface area (Å²) in [7, 11) is 0. The quantitative estimate of drug-likeness (QED) is 0.305. The first-order valence-electron chi connectivity index (χ1n) is 1.87. The van der Waals surface area contributed by atoms with Gasteiger partial charge < -0.3 is 5.73 Å². The molecule has 0 saturated carbocycles. The normalized spacial score (nSPS) is 8.57. The van der Waals surface area contributed by atoms with Crippen molar-refractivity contribution in [3.8, 4) is 0 Å². The molecule has 0 aliphatic carbocycles. The lowest BCUT2D eigenvalue weighted by Gasteiger charge is -1.89. The molecule has 7 heavy (non-hydrogen) atoms. The summed E-state index contributed by atoms with van der Waals surface area (Å²) in [5.41, 5.74) is 5.22. The first-order valence-corrected chi connectivity index (χ1v) is 1.87. The number of aromatic amines is 4. The predicted molar refractivity (Wildman–Crippen MR) is 25.9 cm³/mol. The number of nitrogen functional groups attached to an aromatic ring is 1. The highest BCUT2D eigenvalue weighted by Crippen LogP contribution is 1.79. The number of nitrogens with two attached hydrogens (primary N) is 1. The SMILES string of the molecule is Nc1c[nH][nH][nH][nH]1. The van der Waals surface area contributed by atoms with Crippen LogP contribution in [0, 0.1) is 0 Å². The molecule has 0 aliphatic rings. The number of anilines is 1. The molecule has 1 rings (SSSR count). The van der Waals surface area contributed by atoms with E-state index in [1.807, 2.05) is 0 Å². The Morgan fingerprint density at radius 2 is 2.29 bits per heavy atom. The van der Waals surface area contributed by atoms with Gasteiger partial charge in [-0.05, 0) is 0 Å². The van der Waals surface area contributed by atoms with Gasteiger partial charge in [0, 0.05) is 0 Å². The van der Waals surface area contributed by atoms with Gasteiger partial charge in [0.15, 0.2) is 0 Å². The second-order valence-corrected chi connectivity index (χ2v) is 1.12. The molecule has 5 nitrogen and oxygen atoms in total. The van der Waals surface area contributed by atoms with Crippen molar-refractivity contribution in [3.63, 3.8) is 0 Å². The van der Waals surface area contributed by atoms with E-state index in [1.165, 1.54) is 0 Å². The number of H-pyrrole nitrogens is 4. The standard InChI is InChI=1S/C2H7N5/c3-2-1-4-6-7-5-2/h1,4-7H,3H2. The average Bonchev–Trinajstić information content (AvgIpc) is 1.69. The molecular weight excluding hydrogens is 94.1 g/mol. The summed E-state index contributed by atoms with van der Waals surface area (Å²) in [5.74, 6) is 0.554. The van der Waals surface area contributed by atoms with Crippen LogP contribution in [0.3, 0.4) is 0 Å². The van der Waals surface area contributed by atoms with Crippen molar-refractivity contribution in [1.29, 1.82) is 0 Å². The second kappa shape index (κ2) is 1.46. The van der Waals surface area contributed by atoms with Crippen molar-refractivity contribution in [2.75, 3.05) is 5.73 Å². The summed E-state index contributed by atoms with van der Waals surface area (Å²) in [6.07, 6.45) is 1.59. The highest BCUT2D eigenvalue weighted by atomic mass is 15.4. The van der Waals surface area contributed by atoms with Gasteiger partial charge in [-0.3, -0.25) is 10.2 Å².